The number of hydrogen-bond donors (Lipinski definition) is 1. The van der Waals surface area contributed by atoms with E-state index in [-0.39, 0.29) is 5.75 Å². The van der Waals surface area contributed by atoms with Crippen molar-refractivity contribution in [1.82, 2.24) is 14.8 Å². The van der Waals surface area contributed by atoms with E-state index in [2.05, 4.69) is 10.2 Å². The Hall–Kier alpha value is -2.74. The molecule has 0 spiro atoms. The molecular formula is C15H13N3O4S. The maximum Gasteiger partial charge on any atom is 0.313 e. The molecule has 2 heterocycles. The number of benzene rings is 1. The van der Waals surface area contributed by atoms with Crippen molar-refractivity contribution in [1.29, 1.82) is 0 Å². The summed E-state index contributed by atoms with van der Waals surface area (Å²) in [7, 11) is 1.59. The average Bonchev–Trinajstić information content (AvgIpc) is 3.22. The van der Waals surface area contributed by atoms with Gasteiger partial charge in [0.1, 0.15) is 5.75 Å². The molecule has 0 saturated heterocycles. The molecular weight excluding hydrogens is 318 g/mol. The molecule has 23 heavy (non-hydrogen) atoms. The molecule has 0 amide bonds. The lowest BCUT2D eigenvalue weighted by Gasteiger charge is -2.09. The standard InChI is InChI=1S/C15H13N3O4S/c1-21-11-6-4-10(5-7-11)18-14(12-3-2-8-22-12)16-17-15(18)23-9-13(19)20/h2-8H,9H2,1H3,(H,19,20). The lowest BCUT2D eigenvalue weighted by Crippen LogP contribution is -2.03. The minimum absolute atomic E-state index is 0.105. The zero-order valence-corrected chi connectivity index (χ0v) is 13.0. The summed E-state index contributed by atoms with van der Waals surface area (Å²) < 4.78 is 12.3. The van der Waals surface area contributed by atoms with Crippen LogP contribution in [0.3, 0.4) is 0 Å². The minimum atomic E-state index is -0.918. The summed E-state index contributed by atoms with van der Waals surface area (Å²) in [4.78, 5) is 10.8. The summed E-state index contributed by atoms with van der Waals surface area (Å²) in [5, 5.41) is 17.6. The van der Waals surface area contributed by atoms with Gasteiger partial charge in [0.15, 0.2) is 10.9 Å². The number of ether oxygens (including phenoxy) is 1. The van der Waals surface area contributed by atoms with Gasteiger partial charge in [-0.15, -0.1) is 10.2 Å². The van der Waals surface area contributed by atoms with Gasteiger partial charge in [0.2, 0.25) is 5.82 Å². The van der Waals surface area contributed by atoms with Gasteiger partial charge in [-0.25, -0.2) is 0 Å². The van der Waals surface area contributed by atoms with Crippen molar-refractivity contribution in [2.45, 2.75) is 5.16 Å². The maximum absolute atomic E-state index is 10.8. The topological polar surface area (TPSA) is 90.4 Å². The Kier molecular flexibility index (Phi) is 4.33. The van der Waals surface area contributed by atoms with Crippen molar-refractivity contribution in [3.05, 3.63) is 42.7 Å². The molecule has 0 saturated carbocycles. The van der Waals surface area contributed by atoms with Gasteiger partial charge in [0, 0.05) is 0 Å². The van der Waals surface area contributed by atoms with Gasteiger partial charge in [0.25, 0.3) is 0 Å². The van der Waals surface area contributed by atoms with Crippen LogP contribution in [0.2, 0.25) is 0 Å². The first-order valence-corrected chi connectivity index (χ1v) is 7.66. The lowest BCUT2D eigenvalue weighted by atomic mass is 10.3. The first kappa shape index (κ1) is 15.2. The number of carboxylic acids is 1. The van der Waals surface area contributed by atoms with E-state index in [0.29, 0.717) is 16.7 Å². The second-order valence-electron chi connectivity index (χ2n) is 4.50. The van der Waals surface area contributed by atoms with Gasteiger partial charge in [-0.2, -0.15) is 0 Å². The Bertz CT molecular complexity index is 797. The van der Waals surface area contributed by atoms with Crippen molar-refractivity contribution in [2.24, 2.45) is 0 Å². The Labute approximate surface area is 135 Å². The Balaban J connectivity index is 2.06. The first-order valence-electron chi connectivity index (χ1n) is 6.67. The van der Waals surface area contributed by atoms with Crippen LogP contribution in [-0.2, 0) is 4.79 Å². The predicted molar refractivity (Wildman–Crippen MR) is 84.0 cm³/mol. The van der Waals surface area contributed by atoms with Gasteiger partial charge in [0.05, 0.1) is 24.8 Å². The normalized spacial score (nSPS) is 10.7. The number of furan rings is 1. The smallest absolute Gasteiger partial charge is 0.313 e. The van der Waals surface area contributed by atoms with Crippen LogP contribution in [-0.4, -0.2) is 38.7 Å². The first-order chi connectivity index (χ1) is 11.2. The molecule has 3 rings (SSSR count). The Morgan fingerprint density at radius 2 is 2.09 bits per heavy atom. The molecule has 1 N–H and O–H groups in total. The number of hydrogen-bond acceptors (Lipinski definition) is 6. The van der Waals surface area contributed by atoms with Gasteiger partial charge in [-0.05, 0) is 36.4 Å². The molecule has 0 atom stereocenters. The fourth-order valence-electron chi connectivity index (χ4n) is 2.02. The summed E-state index contributed by atoms with van der Waals surface area (Å²) >= 11 is 1.09. The van der Waals surface area contributed by atoms with E-state index in [1.54, 1.807) is 30.1 Å². The predicted octanol–water partition coefficient (Wildman–Crippen LogP) is 2.71. The van der Waals surface area contributed by atoms with Crippen LogP contribution in [0.4, 0.5) is 0 Å². The van der Waals surface area contributed by atoms with E-state index in [0.717, 1.165) is 23.2 Å². The van der Waals surface area contributed by atoms with Crippen LogP contribution >= 0.6 is 11.8 Å². The summed E-state index contributed by atoms with van der Waals surface area (Å²) in [5.41, 5.74) is 0.787. The lowest BCUT2D eigenvalue weighted by molar-refractivity contribution is -0.133. The summed E-state index contributed by atoms with van der Waals surface area (Å²) in [6.45, 7) is 0. The molecule has 0 radical (unpaired) electrons. The Morgan fingerprint density at radius 1 is 1.30 bits per heavy atom. The van der Waals surface area contributed by atoms with Crippen molar-refractivity contribution in [3.63, 3.8) is 0 Å². The molecule has 8 heteroatoms. The van der Waals surface area contributed by atoms with Crippen LogP contribution in [0.15, 0.2) is 52.2 Å². The summed E-state index contributed by atoms with van der Waals surface area (Å²) in [6, 6.07) is 10.8. The SMILES string of the molecule is COc1ccc(-n2c(SCC(=O)O)nnc2-c2ccco2)cc1. The van der Waals surface area contributed by atoms with Crippen LogP contribution < -0.4 is 4.74 Å². The molecule has 0 aliphatic heterocycles. The third kappa shape index (κ3) is 3.21. The van der Waals surface area contributed by atoms with Crippen molar-refractivity contribution in [2.75, 3.05) is 12.9 Å². The molecule has 0 aliphatic carbocycles. The molecule has 7 nitrogen and oxygen atoms in total. The monoisotopic (exact) mass is 331 g/mol. The number of thioether (sulfide) groups is 1. The molecule has 0 fully saturated rings. The maximum atomic E-state index is 10.8. The summed E-state index contributed by atoms with van der Waals surface area (Å²) in [5.74, 6) is 0.760. The number of aromatic nitrogens is 3. The number of aliphatic carboxylic acids is 1. The second kappa shape index (κ2) is 6.57. The number of nitrogens with zero attached hydrogens (tertiary/aromatic N) is 3. The van der Waals surface area contributed by atoms with E-state index in [1.807, 2.05) is 24.3 Å². The van der Waals surface area contributed by atoms with Crippen LogP contribution in [0, 0.1) is 0 Å². The number of carbonyl (C=O) groups is 1. The molecule has 3 aromatic rings. The highest BCUT2D eigenvalue weighted by Gasteiger charge is 2.18. The van der Waals surface area contributed by atoms with Gasteiger partial charge in [-0.1, -0.05) is 11.8 Å². The fraction of sp³-hybridized carbons (Fsp3) is 0.133. The van der Waals surface area contributed by atoms with Gasteiger partial charge in [-0.3, -0.25) is 9.36 Å². The Morgan fingerprint density at radius 3 is 2.70 bits per heavy atom. The van der Waals surface area contributed by atoms with E-state index in [4.69, 9.17) is 14.3 Å². The van der Waals surface area contributed by atoms with Gasteiger partial charge >= 0.3 is 5.97 Å². The number of rotatable bonds is 6. The van der Waals surface area contributed by atoms with E-state index in [9.17, 15) is 4.79 Å². The summed E-state index contributed by atoms with van der Waals surface area (Å²) in [6.07, 6.45) is 1.55. The largest absolute Gasteiger partial charge is 0.497 e. The van der Waals surface area contributed by atoms with Crippen LogP contribution in [0.1, 0.15) is 0 Å². The van der Waals surface area contributed by atoms with Crippen LogP contribution in [0.5, 0.6) is 5.75 Å². The zero-order valence-electron chi connectivity index (χ0n) is 12.2. The molecule has 0 bridgehead atoms. The molecule has 0 aliphatic rings. The highest BCUT2D eigenvalue weighted by atomic mass is 32.2. The molecule has 118 valence electrons. The number of carboxylic acid groups (broad SMARTS) is 1. The van der Waals surface area contributed by atoms with Crippen LogP contribution in [0.25, 0.3) is 17.3 Å². The highest BCUT2D eigenvalue weighted by Crippen LogP contribution is 2.28. The fourth-order valence-corrected chi connectivity index (χ4v) is 2.69. The molecule has 2 aromatic heterocycles. The molecule has 1 aromatic carbocycles. The van der Waals surface area contributed by atoms with Gasteiger partial charge < -0.3 is 14.3 Å². The van der Waals surface area contributed by atoms with E-state index in [1.165, 1.54) is 0 Å². The van der Waals surface area contributed by atoms with Crippen molar-refractivity contribution >= 4 is 17.7 Å². The van der Waals surface area contributed by atoms with Crippen molar-refractivity contribution in [3.8, 4) is 23.0 Å². The van der Waals surface area contributed by atoms with E-state index >= 15 is 0 Å². The minimum Gasteiger partial charge on any atom is -0.497 e. The molecule has 0 unspecified atom stereocenters. The quantitative estimate of drug-likeness (QED) is 0.694. The third-order valence-corrected chi connectivity index (χ3v) is 3.94. The van der Waals surface area contributed by atoms with Crippen molar-refractivity contribution < 1.29 is 19.1 Å². The number of methoxy groups -OCH3 is 1. The second-order valence-corrected chi connectivity index (χ2v) is 5.44. The third-order valence-electron chi connectivity index (χ3n) is 3.03. The zero-order chi connectivity index (χ0) is 16.2. The van der Waals surface area contributed by atoms with E-state index < -0.39 is 5.97 Å². The average molecular weight is 331 g/mol. The highest BCUT2D eigenvalue weighted by molar-refractivity contribution is 7.99.